The molecule has 1 aliphatic heterocycles. The monoisotopic (exact) mass is 361 g/mol. The van der Waals surface area contributed by atoms with Crippen LogP contribution in [0.15, 0.2) is 65.9 Å². The van der Waals surface area contributed by atoms with Crippen molar-refractivity contribution in [1.29, 1.82) is 0 Å². The SMILES string of the molecule is NC(=O)c1ccccc1N1C=CN=CC1Oc1cccc(C(F)(F)F)c1. The van der Waals surface area contributed by atoms with E-state index in [2.05, 4.69) is 4.99 Å². The Labute approximate surface area is 147 Å². The summed E-state index contributed by atoms with van der Waals surface area (Å²) < 4.78 is 44.3. The van der Waals surface area contributed by atoms with Gasteiger partial charge in [-0.25, -0.2) is 0 Å². The predicted molar refractivity (Wildman–Crippen MR) is 90.9 cm³/mol. The van der Waals surface area contributed by atoms with Gasteiger partial charge < -0.3 is 15.4 Å². The summed E-state index contributed by atoms with van der Waals surface area (Å²) in [6, 6.07) is 11.1. The van der Waals surface area contributed by atoms with Gasteiger partial charge in [0, 0.05) is 12.4 Å². The van der Waals surface area contributed by atoms with Gasteiger partial charge >= 0.3 is 6.18 Å². The summed E-state index contributed by atoms with van der Waals surface area (Å²) in [5.74, 6) is -0.609. The summed E-state index contributed by atoms with van der Waals surface area (Å²) in [5.41, 5.74) is 5.29. The normalized spacial score (nSPS) is 16.6. The minimum atomic E-state index is -4.47. The van der Waals surface area contributed by atoms with Gasteiger partial charge in [-0.2, -0.15) is 13.2 Å². The summed E-state index contributed by atoms with van der Waals surface area (Å²) in [6.45, 7) is 0. The molecule has 0 aromatic heterocycles. The molecule has 1 atom stereocenters. The third-order valence-corrected chi connectivity index (χ3v) is 3.67. The maximum Gasteiger partial charge on any atom is 0.416 e. The molecule has 0 saturated carbocycles. The number of halogens is 3. The molecule has 1 heterocycles. The molecule has 0 fully saturated rings. The van der Waals surface area contributed by atoms with Gasteiger partial charge in [0.15, 0.2) is 0 Å². The van der Waals surface area contributed by atoms with Gasteiger partial charge in [0.25, 0.3) is 5.91 Å². The van der Waals surface area contributed by atoms with Crippen LogP contribution in [0.2, 0.25) is 0 Å². The number of carbonyl (C=O) groups excluding carboxylic acids is 1. The number of aliphatic imine (C=N–C) groups is 1. The molecule has 0 spiro atoms. The topological polar surface area (TPSA) is 67.9 Å². The number of nitrogens with two attached hydrogens (primary N) is 1. The van der Waals surface area contributed by atoms with E-state index in [9.17, 15) is 18.0 Å². The Balaban J connectivity index is 1.91. The third kappa shape index (κ3) is 3.69. The second kappa shape index (κ2) is 6.91. The van der Waals surface area contributed by atoms with Crippen LogP contribution in [0.4, 0.5) is 18.9 Å². The van der Waals surface area contributed by atoms with Gasteiger partial charge in [-0.1, -0.05) is 18.2 Å². The van der Waals surface area contributed by atoms with E-state index in [-0.39, 0.29) is 11.3 Å². The highest BCUT2D eigenvalue weighted by atomic mass is 19.4. The summed E-state index contributed by atoms with van der Waals surface area (Å²) in [7, 11) is 0. The van der Waals surface area contributed by atoms with E-state index in [1.807, 2.05) is 0 Å². The largest absolute Gasteiger partial charge is 0.465 e. The molecule has 2 aromatic rings. The maximum absolute atomic E-state index is 12.9. The molecule has 0 radical (unpaired) electrons. The van der Waals surface area contributed by atoms with Crippen molar-refractivity contribution >= 4 is 17.8 Å². The molecule has 1 unspecified atom stereocenters. The van der Waals surface area contributed by atoms with Gasteiger partial charge in [-0.3, -0.25) is 9.79 Å². The molecule has 0 aliphatic carbocycles. The van der Waals surface area contributed by atoms with E-state index >= 15 is 0 Å². The van der Waals surface area contributed by atoms with E-state index < -0.39 is 23.9 Å². The summed E-state index contributed by atoms with van der Waals surface area (Å²) in [6.07, 6.45) is -0.871. The lowest BCUT2D eigenvalue weighted by Gasteiger charge is -2.31. The predicted octanol–water partition coefficient (Wildman–Crippen LogP) is 3.57. The average molecular weight is 361 g/mol. The number of alkyl halides is 3. The first kappa shape index (κ1) is 17.5. The molecule has 2 aromatic carbocycles. The second-order valence-corrected chi connectivity index (χ2v) is 5.42. The fourth-order valence-corrected chi connectivity index (χ4v) is 2.49. The van der Waals surface area contributed by atoms with E-state index in [1.165, 1.54) is 24.5 Å². The first-order valence-electron chi connectivity index (χ1n) is 7.57. The smallest absolute Gasteiger partial charge is 0.416 e. The molecule has 2 N–H and O–H groups in total. The Bertz CT molecular complexity index is 878. The van der Waals surface area contributed by atoms with Crippen LogP contribution in [0, 0.1) is 0 Å². The molecule has 0 saturated heterocycles. The van der Waals surface area contributed by atoms with E-state index in [1.54, 1.807) is 35.4 Å². The second-order valence-electron chi connectivity index (χ2n) is 5.42. The van der Waals surface area contributed by atoms with E-state index in [0.717, 1.165) is 12.1 Å². The van der Waals surface area contributed by atoms with E-state index in [4.69, 9.17) is 10.5 Å². The third-order valence-electron chi connectivity index (χ3n) is 3.67. The number of carbonyl (C=O) groups is 1. The quantitative estimate of drug-likeness (QED) is 0.905. The van der Waals surface area contributed by atoms with Crippen LogP contribution < -0.4 is 15.4 Å². The first-order chi connectivity index (χ1) is 12.4. The summed E-state index contributed by atoms with van der Waals surface area (Å²) >= 11 is 0. The zero-order valence-electron chi connectivity index (χ0n) is 13.4. The Morgan fingerprint density at radius 1 is 1.15 bits per heavy atom. The standard InChI is InChI=1S/C18H14F3N3O2/c19-18(20,21)12-4-3-5-13(10-12)26-16-11-23-8-9-24(16)15-7-2-1-6-14(15)17(22)25/h1-11,16H,(H2,22,25). The summed E-state index contributed by atoms with van der Waals surface area (Å²) in [4.78, 5) is 17.2. The molecule has 8 heteroatoms. The Hall–Kier alpha value is -3.29. The van der Waals surface area contributed by atoms with Crippen LogP contribution in [0.3, 0.4) is 0 Å². The van der Waals surface area contributed by atoms with Crippen molar-refractivity contribution in [3.63, 3.8) is 0 Å². The highest BCUT2D eigenvalue weighted by molar-refractivity contribution is 5.99. The molecule has 3 rings (SSSR count). The van der Waals surface area contributed by atoms with Crippen molar-refractivity contribution in [2.75, 3.05) is 4.90 Å². The molecule has 1 aliphatic rings. The van der Waals surface area contributed by atoms with Gasteiger partial charge in [0.2, 0.25) is 6.23 Å². The van der Waals surface area contributed by atoms with Crippen molar-refractivity contribution < 1.29 is 22.7 Å². The number of primary amides is 1. The van der Waals surface area contributed by atoms with Gasteiger partial charge in [0.05, 0.1) is 23.0 Å². The van der Waals surface area contributed by atoms with Crippen molar-refractivity contribution in [2.24, 2.45) is 10.7 Å². The van der Waals surface area contributed by atoms with Gasteiger partial charge in [-0.05, 0) is 30.3 Å². The van der Waals surface area contributed by atoms with Crippen LogP contribution in [0.1, 0.15) is 15.9 Å². The highest BCUT2D eigenvalue weighted by Crippen LogP contribution is 2.32. The Kier molecular flexibility index (Phi) is 4.66. The van der Waals surface area contributed by atoms with E-state index in [0.29, 0.717) is 5.69 Å². The molecule has 1 amide bonds. The van der Waals surface area contributed by atoms with Gasteiger partial charge in [-0.15, -0.1) is 0 Å². The molecular weight excluding hydrogens is 347 g/mol. The van der Waals surface area contributed by atoms with Crippen molar-refractivity contribution in [3.8, 4) is 5.75 Å². The van der Waals surface area contributed by atoms with Crippen LogP contribution in [0.25, 0.3) is 0 Å². The van der Waals surface area contributed by atoms with Crippen LogP contribution >= 0.6 is 0 Å². The number of para-hydroxylation sites is 1. The van der Waals surface area contributed by atoms with Crippen LogP contribution in [0.5, 0.6) is 5.75 Å². The number of ether oxygens (including phenoxy) is 1. The number of hydrogen-bond donors (Lipinski definition) is 1. The molecule has 134 valence electrons. The molecular formula is C18H14F3N3O2. The Morgan fingerprint density at radius 3 is 2.65 bits per heavy atom. The molecule has 26 heavy (non-hydrogen) atoms. The zero-order chi connectivity index (χ0) is 18.7. The number of hydrogen-bond acceptors (Lipinski definition) is 4. The average Bonchev–Trinajstić information content (AvgIpc) is 2.62. The number of nitrogens with zero attached hydrogens (tertiary/aromatic N) is 2. The van der Waals surface area contributed by atoms with Crippen LogP contribution in [-0.4, -0.2) is 18.3 Å². The number of benzene rings is 2. The van der Waals surface area contributed by atoms with Crippen LogP contribution in [-0.2, 0) is 6.18 Å². The first-order valence-corrected chi connectivity index (χ1v) is 7.57. The molecule has 5 nitrogen and oxygen atoms in total. The number of anilines is 1. The summed E-state index contributed by atoms with van der Waals surface area (Å²) in [5, 5.41) is 0. The van der Waals surface area contributed by atoms with Gasteiger partial charge in [0.1, 0.15) is 5.75 Å². The fraction of sp³-hybridized carbons (Fsp3) is 0.111. The highest BCUT2D eigenvalue weighted by Gasteiger charge is 2.31. The Morgan fingerprint density at radius 2 is 1.92 bits per heavy atom. The van der Waals surface area contributed by atoms with Crippen molar-refractivity contribution in [2.45, 2.75) is 12.4 Å². The van der Waals surface area contributed by atoms with Crippen molar-refractivity contribution in [1.82, 2.24) is 0 Å². The lowest BCUT2D eigenvalue weighted by molar-refractivity contribution is -0.137. The fourth-order valence-electron chi connectivity index (χ4n) is 2.49. The van der Waals surface area contributed by atoms with Crippen molar-refractivity contribution in [3.05, 3.63) is 72.1 Å². The minimum absolute atomic E-state index is 0.0214. The molecule has 0 bridgehead atoms. The lowest BCUT2D eigenvalue weighted by Crippen LogP contribution is -2.39. The maximum atomic E-state index is 12.9. The zero-order valence-corrected chi connectivity index (χ0v) is 13.4. The number of rotatable bonds is 4. The lowest BCUT2D eigenvalue weighted by atomic mass is 10.1. The number of amides is 1. The minimum Gasteiger partial charge on any atom is -0.465 e.